The van der Waals surface area contributed by atoms with Gasteiger partial charge in [-0.3, -0.25) is 0 Å². The average Bonchev–Trinajstić information content (AvgIpc) is 3.60. The Labute approximate surface area is 290 Å². The molecule has 6 aromatic carbocycles. The molecular formula is C46H32N4. The highest BCUT2D eigenvalue weighted by Crippen LogP contribution is 2.39. The van der Waals surface area contributed by atoms with E-state index < -0.39 is 5.41 Å². The minimum absolute atomic E-state index is 0.0354. The summed E-state index contributed by atoms with van der Waals surface area (Å²) in [6.07, 6.45) is 9.32. The van der Waals surface area contributed by atoms with E-state index >= 15 is 0 Å². The lowest BCUT2D eigenvalue weighted by Gasteiger charge is -2.15. The van der Waals surface area contributed by atoms with Crippen LogP contribution in [0.2, 0.25) is 0 Å². The molecule has 0 saturated carbocycles. The summed E-state index contributed by atoms with van der Waals surface area (Å²) in [5.41, 5.74) is 10.5. The number of nitrogens with zero attached hydrogens (tertiary/aromatic N) is 4. The Balaban J connectivity index is 1.09. The molecule has 0 N–H and O–H groups in total. The molecule has 4 heteroatoms. The highest BCUT2D eigenvalue weighted by atomic mass is 15.0. The zero-order valence-corrected chi connectivity index (χ0v) is 27.6. The maximum absolute atomic E-state index is 9.74. The van der Waals surface area contributed by atoms with Crippen molar-refractivity contribution in [2.45, 2.75) is 19.4 Å². The van der Waals surface area contributed by atoms with Crippen LogP contribution in [0.5, 0.6) is 0 Å². The Morgan fingerprint density at radius 1 is 0.580 bits per heavy atom. The Kier molecular flexibility index (Phi) is 6.80. The Hall–Kier alpha value is -6.62. The van der Waals surface area contributed by atoms with Gasteiger partial charge in [-0.1, -0.05) is 97.1 Å². The van der Waals surface area contributed by atoms with Crippen LogP contribution in [0.15, 0.2) is 158 Å². The van der Waals surface area contributed by atoms with Crippen molar-refractivity contribution >= 4 is 43.6 Å². The lowest BCUT2D eigenvalue weighted by atomic mass is 9.89. The molecule has 50 heavy (non-hydrogen) atoms. The summed E-state index contributed by atoms with van der Waals surface area (Å²) in [5.74, 6) is 0. The predicted octanol–water partition coefficient (Wildman–Crippen LogP) is 11.7. The molecule has 2 aromatic heterocycles. The molecule has 9 rings (SSSR count). The molecule has 236 valence electrons. The molecule has 0 spiro atoms. The van der Waals surface area contributed by atoms with Gasteiger partial charge < -0.3 is 9.13 Å². The monoisotopic (exact) mass is 640 g/mol. The van der Waals surface area contributed by atoms with Crippen molar-refractivity contribution in [2.24, 2.45) is 5.41 Å². The van der Waals surface area contributed by atoms with Gasteiger partial charge in [-0.25, -0.2) is 0 Å². The smallest absolute Gasteiger partial charge is 0.0991 e. The van der Waals surface area contributed by atoms with Crippen LogP contribution in [-0.4, -0.2) is 9.13 Å². The molecule has 0 fully saturated rings. The third-order valence-corrected chi connectivity index (χ3v) is 10.3. The number of hydrogen-bond donors (Lipinski definition) is 0. The summed E-state index contributed by atoms with van der Waals surface area (Å²) in [7, 11) is 0. The van der Waals surface area contributed by atoms with Crippen molar-refractivity contribution in [1.29, 1.82) is 10.5 Å². The second-order valence-corrected chi connectivity index (χ2v) is 13.5. The van der Waals surface area contributed by atoms with E-state index in [4.69, 9.17) is 0 Å². The highest BCUT2D eigenvalue weighted by Gasteiger charge is 2.23. The molecule has 2 heterocycles. The molecule has 0 saturated heterocycles. The molecule has 1 aliphatic rings. The molecule has 4 nitrogen and oxygen atoms in total. The van der Waals surface area contributed by atoms with Crippen LogP contribution in [0.25, 0.3) is 71.6 Å². The summed E-state index contributed by atoms with van der Waals surface area (Å²) in [4.78, 5) is 0. The SMILES string of the molecule is CC1(C#N)C=CC(n2c3ccccc3c3cc(-c4ccc(-c5ccc6c(c5)c5ccccc5n6-c5ccc(C#N)cc5)cc4)ccc32)C=CC1. The number of nitriles is 2. The number of para-hydroxylation sites is 2. The summed E-state index contributed by atoms with van der Waals surface area (Å²) < 4.78 is 4.67. The number of rotatable bonds is 4. The first-order valence-corrected chi connectivity index (χ1v) is 17.0. The molecule has 0 bridgehead atoms. The van der Waals surface area contributed by atoms with Gasteiger partial charge >= 0.3 is 0 Å². The maximum atomic E-state index is 9.74. The molecule has 2 unspecified atom stereocenters. The quantitative estimate of drug-likeness (QED) is 0.180. The van der Waals surface area contributed by atoms with E-state index in [1.165, 1.54) is 54.8 Å². The van der Waals surface area contributed by atoms with Crippen LogP contribution in [0.3, 0.4) is 0 Å². The van der Waals surface area contributed by atoms with Crippen molar-refractivity contribution in [3.05, 3.63) is 163 Å². The summed E-state index contributed by atoms with van der Waals surface area (Å²) >= 11 is 0. The van der Waals surface area contributed by atoms with E-state index in [-0.39, 0.29) is 6.04 Å². The van der Waals surface area contributed by atoms with Crippen LogP contribution in [0, 0.1) is 28.1 Å². The van der Waals surface area contributed by atoms with Gasteiger partial charge in [-0.2, -0.15) is 10.5 Å². The van der Waals surface area contributed by atoms with Crippen molar-refractivity contribution in [3.63, 3.8) is 0 Å². The van der Waals surface area contributed by atoms with Gasteiger partial charge in [0.1, 0.15) is 0 Å². The lowest BCUT2D eigenvalue weighted by molar-refractivity contribution is 0.580. The van der Waals surface area contributed by atoms with Gasteiger partial charge in [0.05, 0.1) is 40.2 Å². The molecule has 8 aromatic rings. The number of benzene rings is 6. The summed E-state index contributed by atoms with van der Waals surface area (Å²) in [6.45, 7) is 2.00. The second kappa shape index (κ2) is 11.5. The Bertz CT molecular complexity index is 2760. The first kappa shape index (κ1) is 29.5. The van der Waals surface area contributed by atoms with Gasteiger partial charge in [0.25, 0.3) is 0 Å². The number of fused-ring (bicyclic) bond motifs is 6. The minimum atomic E-state index is -0.486. The normalized spacial score (nSPS) is 17.3. The van der Waals surface area contributed by atoms with E-state index in [0.29, 0.717) is 12.0 Å². The third kappa shape index (κ3) is 4.73. The first-order valence-electron chi connectivity index (χ1n) is 17.0. The van der Waals surface area contributed by atoms with Gasteiger partial charge in [0, 0.05) is 38.3 Å². The van der Waals surface area contributed by atoms with Gasteiger partial charge in [-0.05, 0) is 96.3 Å². The fourth-order valence-electron chi connectivity index (χ4n) is 7.63. The average molecular weight is 641 g/mol. The van der Waals surface area contributed by atoms with Gasteiger partial charge in [0.2, 0.25) is 0 Å². The van der Waals surface area contributed by atoms with Crippen molar-refractivity contribution in [3.8, 4) is 40.1 Å². The van der Waals surface area contributed by atoms with Crippen molar-refractivity contribution < 1.29 is 0 Å². The largest absolute Gasteiger partial charge is 0.330 e. The molecular weight excluding hydrogens is 609 g/mol. The van der Waals surface area contributed by atoms with Crippen LogP contribution in [0.4, 0.5) is 0 Å². The number of aromatic nitrogens is 2. The maximum Gasteiger partial charge on any atom is 0.0991 e. The molecule has 1 aliphatic carbocycles. The predicted molar refractivity (Wildman–Crippen MR) is 205 cm³/mol. The zero-order valence-electron chi connectivity index (χ0n) is 27.6. The Morgan fingerprint density at radius 3 is 1.78 bits per heavy atom. The fraction of sp³-hybridized carbons (Fsp3) is 0.0870. The fourth-order valence-corrected chi connectivity index (χ4v) is 7.63. The highest BCUT2D eigenvalue weighted by molar-refractivity contribution is 6.11. The zero-order chi connectivity index (χ0) is 33.8. The molecule has 0 aliphatic heterocycles. The van der Waals surface area contributed by atoms with Crippen LogP contribution in [0.1, 0.15) is 24.9 Å². The summed E-state index contributed by atoms with van der Waals surface area (Å²) in [5, 5.41) is 23.9. The topological polar surface area (TPSA) is 57.4 Å². The van der Waals surface area contributed by atoms with E-state index in [2.05, 4.69) is 155 Å². The van der Waals surface area contributed by atoms with E-state index in [1.54, 1.807) is 0 Å². The van der Waals surface area contributed by atoms with Crippen molar-refractivity contribution in [2.75, 3.05) is 0 Å². The third-order valence-electron chi connectivity index (χ3n) is 10.3. The van der Waals surface area contributed by atoms with Gasteiger partial charge in [0.15, 0.2) is 0 Å². The van der Waals surface area contributed by atoms with Crippen LogP contribution < -0.4 is 0 Å². The van der Waals surface area contributed by atoms with Gasteiger partial charge in [-0.15, -0.1) is 0 Å². The second-order valence-electron chi connectivity index (χ2n) is 13.5. The molecule has 0 radical (unpaired) electrons. The number of hydrogen-bond acceptors (Lipinski definition) is 2. The minimum Gasteiger partial charge on any atom is -0.330 e. The van der Waals surface area contributed by atoms with E-state index in [9.17, 15) is 10.5 Å². The first-order chi connectivity index (χ1) is 24.5. The van der Waals surface area contributed by atoms with E-state index in [0.717, 1.165) is 16.7 Å². The number of allylic oxidation sites excluding steroid dienone is 4. The van der Waals surface area contributed by atoms with E-state index in [1.807, 2.05) is 31.2 Å². The van der Waals surface area contributed by atoms with Crippen LogP contribution in [-0.2, 0) is 0 Å². The van der Waals surface area contributed by atoms with Crippen LogP contribution >= 0.6 is 0 Å². The lowest BCUT2D eigenvalue weighted by Crippen LogP contribution is -2.07. The summed E-state index contributed by atoms with van der Waals surface area (Å²) in [6, 6.07) is 52.0. The molecule has 2 atom stereocenters. The Morgan fingerprint density at radius 2 is 1.12 bits per heavy atom. The standard InChI is InChI=1S/C46H32N4/c1-46(30-48)25-6-7-36(24-26-46)49-42-10-4-2-8-38(42)40-27-34(18-22-44(40)49)32-14-16-33(17-15-32)35-19-23-45-41(28-35)39-9-3-5-11-43(39)50(45)37-20-12-31(29-47)13-21-37/h2-24,26-28,36H,25H2,1H3. The van der Waals surface area contributed by atoms with Crippen molar-refractivity contribution in [1.82, 2.24) is 9.13 Å². The molecule has 0 amide bonds.